The second-order valence-corrected chi connectivity index (χ2v) is 11.0. The lowest BCUT2D eigenvalue weighted by Gasteiger charge is -2.25. The lowest BCUT2D eigenvalue weighted by Crippen LogP contribution is -2.53. The van der Waals surface area contributed by atoms with Gasteiger partial charge in [-0.05, 0) is 37.8 Å². The maximum atomic E-state index is 13.6. The molecule has 10 heteroatoms. The molecule has 3 heterocycles. The van der Waals surface area contributed by atoms with E-state index in [1.165, 1.54) is 4.90 Å². The molecule has 218 valence electrons. The topological polar surface area (TPSA) is 127 Å². The van der Waals surface area contributed by atoms with Crippen LogP contribution in [-0.2, 0) is 14.3 Å². The van der Waals surface area contributed by atoms with Crippen molar-refractivity contribution in [3.63, 3.8) is 0 Å². The molecule has 1 saturated heterocycles. The largest absolute Gasteiger partial charge is 0.497 e. The first kappa shape index (κ1) is 27.6. The number of nitrogens with one attached hydrogen (secondary N) is 1. The summed E-state index contributed by atoms with van der Waals surface area (Å²) in [7, 11) is 1.59. The van der Waals surface area contributed by atoms with E-state index in [2.05, 4.69) is 5.32 Å². The summed E-state index contributed by atoms with van der Waals surface area (Å²) in [6, 6.07) is 16.2. The summed E-state index contributed by atoms with van der Waals surface area (Å²) in [4.78, 5) is 45.1. The number of aliphatic carboxylic acids is 1. The number of cyclic esters (lactones) is 1. The van der Waals surface area contributed by atoms with Gasteiger partial charge in [-0.25, -0.2) is 14.6 Å². The molecule has 1 unspecified atom stereocenters. The van der Waals surface area contributed by atoms with Gasteiger partial charge in [-0.1, -0.05) is 42.5 Å². The number of rotatable bonds is 5. The zero-order valence-corrected chi connectivity index (χ0v) is 23.3. The highest BCUT2D eigenvalue weighted by atomic mass is 16.6. The molecule has 0 spiro atoms. The molecule has 1 saturated carbocycles. The number of aromatic nitrogens is 1. The van der Waals surface area contributed by atoms with Crippen molar-refractivity contribution in [1.82, 2.24) is 15.2 Å². The summed E-state index contributed by atoms with van der Waals surface area (Å²) >= 11 is 0. The van der Waals surface area contributed by atoms with E-state index in [4.69, 9.17) is 19.2 Å². The minimum Gasteiger partial charge on any atom is -0.497 e. The predicted molar refractivity (Wildman–Crippen MR) is 154 cm³/mol. The van der Waals surface area contributed by atoms with Gasteiger partial charge >= 0.3 is 12.1 Å². The van der Waals surface area contributed by atoms with Crippen molar-refractivity contribution >= 4 is 28.9 Å². The Bertz CT molecular complexity index is 1540. The summed E-state index contributed by atoms with van der Waals surface area (Å²) in [6.45, 7) is 0.351. The molecule has 3 aromatic rings. The van der Waals surface area contributed by atoms with Crippen LogP contribution in [0.2, 0.25) is 0 Å². The van der Waals surface area contributed by atoms with Gasteiger partial charge in [0.2, 0.25) is 5.91 Å². The van der Waals surface area contributed by atoms with Gasteiger partial charge in [-0.3, -0.25) is 9.69 Å². The number of benzene rings is 2. The third-order valence-electron chi connectivity index (χ3n) is 8.24. The van der Waals surface area contributed by atoms with Crippen molar-refractivity contribution in [2.24, 2.45) is 5.92 Å². The molecule has 4 atom stereocenters. The van der Waals surface area contributed by atoms with E-state index in [0.29, 0.717) is 35.6 Å². The molecule has 3 aliphatic rings. The maximum absolute atomic E-state index is 13.6. The Labute approximate surface area is 243 Å². The van der Waals surface area contributed by atoms with Crippen LogP contribution in [0.25, 0.3) is 22.2 Å². The second kappa shape index (κ2) is 11.3. The number of hydrogen-bond donors (Lipinski definition) is 2. The summed E-state index contributed by atoms with van der Waals surface area (Å²) in [6.07, 6.45) is 5.38. The van der Waals surface area contributed by atoms with E-state index in [1.54, 1.807) is 7.11 Å². The summed E-state index contributed by atoms with van der Waals surface area (Å²) in [5.41, 5.74) is 0.926. The zero-order chi connectivity index (χ0) is 29.3. The first-order valence-corrected chi connectivity index (χ1v) is 14.2. The first-order chi connectivity index (χ1) is 20.4. The number of pyridine rings is 1. The van der Waals surface area contributed by atoms with Crippen LogP contribution in [0.4, 0.5) is 4.79 Å². The fraction of sp³-hybridized carbons (Fsp3) is 0.375. The van der Waals surface area contributed by atoms with Gasteiger partial charge in [-0.15, -0.1) is 0 Å². The van der Waals surface area contributed by atoms with E-state index in [1.807, 2.05) is 66.7 Å². The molecule has 6 rings (SSSR count). The molecule has 10 nitrogen and oxygen atoms in total. The number of carboxylic acid groups (broad SMARTS) is 1. The molecular formula is C32H33N3O7. The van der Waals surface area contributed by atoms with Crippen LogP contribution in [0.3, 0.4) is 0 Å². The van der Waals surface area contributed by atoms with Crippen LogP contribution < -0.4 is 14.8 Å². The zero-order valence-electron chi connectivity index (χ0n) is 23.3. The fourth-order valence-electron chi connectivity index (χ4n) is 5.80. The molecule has 0 radical (unpaired) electrons. The van der Waals surface area contributed by atoms with E-state index in [9.17, 15) is 19.5 Å². The monoisotopic (exact) mass is 571 g/mol. The standard InChI is InChI=1S/C32H33N3O7/c1-40-22-12-13-24-26(15-22)33-25(20-9-5-4-6-10-20)17-28(24)42-23-16-27-29(36)34-32(30(37)38)18-21(32)11-7-2-3-8-14-41-31(39)35(27)19-23/h4-7,9-13,15,17,21,23,27H,2-3,8,14,16,18-19H2,1H3,(H,34,36)(H,37,38)/b11-7-/t21?,23-,27+,32-/m1/s1. The predicted octanol–water partition coefficient (Wildman–Crippen LogP) is 4.57. The average Bonchev–Trinajstić information content (AvgIpc) is 3.53. The minimum atomic E-state index is -1.36. The molecule has 0 bridgehead atoms. The van der Waals surface area contributed by atoms with Crippen molar-refractivity contribution < 1.29 is 33.7 Å². The van der Waals surface area contributed by atoms with Gasteiger partial charge in [0.1, 0.15) is 29.2 Å². The number of allylic oxidation sites excluding steroid dienone is 1. The highest BCUT2D eigenvalue weighted by molar-refractivity contribution is 5.94. The van der Waals surface area contributed by atoms with E-state index >= 15 is 0 Å². The van der Waals surface area contributed by atoms with Crippen LogP contribution in [-0.4, -0.2) is 70.9 Å². The number of amides is 2. The van der Waals surface area contributed by atoms with Gasteiger partial charge in [0.05, 0.1) is 31.5 Å². The Balaban J connectivity index is 1.31. The molecule has 1 aliphatic carbocycles. The number of methoxy groups -OCH3 is 1. The minimum absolute atomic E-state index is 0.112. The molecule has 1 aromatic heterocycles. The van der Waals surface area contributed by atoms with Crippen LogP contribution in [0.5, 0.6) is 11.5 Å². The molecule has 2 N–H and O–H groups in total. The van der Waals surface area contributed by atoms with Crippen LogP contribution in [0.15, 0.2) is 66.7 Å². The molecule has 42 heavy (non-hydrogen) atoms. The number of carbonyl (C=O) groups is 3. The SMILES string of the molecule is COc1ccc2c(O[C@@H]3C[C@H]4C(=O)N[C@]5(C(=O)O)CC5/C=C\CCCCOC(=O)N4C3)cc(-c3ccccc3)nc2c1. The normalized spacial score (nSPS) is 26.7. The molecule has 2 fully saturated rings. The number of fused-ring (bicyclic) bond motifs is 3. The molecule has 2 amide bonds. The van der Waals surface area contributed by atoms with Crippen molar-refractivity contribution in [2.75, 3.05) is 20.3 Å². The van der Waals surface area contributed by atoms with E-state index in [-0.39, 0.29) is 25.5 Å². The van der Waals surface area contributed by atoms with Crippen molar-refractivity contribution in [1.29, 1.82) is 0 Å². The van der Waals surface area contributed by atoms with Gasteiger partial charge in [0.25, 0.3) is 0 Å². The Kier molecular flexibility index (Phi) is 7.45. The smallest absolute Gasteiger partial charge is 0.410 e. The number of ether oxygens (including phenoxy) is 3. The number of carboxylic acids is 1. The molecular weight excluding hydrogens is 538 g/mol. The molecule has 2 aromatic carbocycles. The first-order valence-electron chi connectivity index (χ1n) is 14.2. The lowest BCUT2D eigenvalue weighted by molar-refractivity contribution is -0.144. The summed E-state index contributed by atoms with van der Waals surface area (Å²) in [5, 5.41) is 13.5. The third-order valence-corrected chi connectivity index (χ3v) is 8.24. The van der Waals surface area contributed by atoms with Crippen molar-refractivity contribution in [3.05, 3.63) is 66.7 Å². The Hall–Kier alpha value is -4.60. The number of nitrogens with zero attached hydrogens (tertiary/aromatic N) is 2. The van der Waals surface area contributed by atoms with Crippen LogP contribution in [0.1, 0.15) is 32.1 Å². The Morgan fingerprint density at radius 2 is 1.98 bits per heavy atom. The van der Waals surface area contributed by atoms with Gasteiger partial charge in [0.15, 0.2) is 0 Å². The fourth-order valence-corrected chi connectivity index (χ4v) is 5.80. The quantitative estimate of drug-likeness (QED) is 0.427. The number of carbonyl (C=O) groups excluding carboxylic acids is 2. The molecule has 2 aliphatic heterocycles. The summed E-state index contributed by atoms with van der Waals surface area (Å²) in [5.74, 6) is -0.678. The van der Waals surface area contributed by atoms with Gasteiger partial charge in [-0.2, -0.15) is 0 Å². The lowest BCUT2D eigenvalue weighted by atomic mass is 10.1. The maximum Gasteiger partial charge on any atom is 0.410 e. The number of hydrogen-bond acceptors (Lipinski definition) is 7. The Morgan fingerprint density at radius 3 is 2.76 bits per heavy atom. The summed E-state index contributed by atoms with van der Waals surface area (Å²) < 4.78 is 17.4. The highest BCUT2D eigenvalue weighted by Gasteiger charge is 2.61. The van der Waals surface area contributed by atoms with Crippen molar-refractivity contribution in [3.8, 4) is 22.8 Å². The van der Waals surface area contributed by atoms with E-state index in [0.717, 1.165) is 23.8 Å². The Morgan fingerprint density at radius 1 is 1.14 bits per heavy atom. The average molecular weight is 572 g/mol. The van der Waals surface area contributed by atoms with Crippen molar-refractivity contribution in [2.45, 2.75) is 49.8 Å². The van der Waals surface area contributed by atoms with Gasteiger partial charge in [0, 0.05) is 35.4 Å². The highest BCUT2D eigenvalue weighted by Crippen LogP contribution is 2.45. The van der Waals surface area contributed by atoms with Crippen LogP contribution >= 0.6 is 0 Å². The second-order valence-electron chi connectivity index (χ2n) is 11.0. The van der Waals surface area contributed by atoms with E-state index < -0.39 is 35.7 Å². The third kappa shape index (κ3) is 5.36. The van der Waals surface area contributed by atoms with Gasteiger partial charge < -0.3 is 24.6 Å². The van der Waals surface area contributed by atoms with Crippen LogP contribution in [0, 0.1) is 5.92 Å².